The summed E-state index contributed by atoms with van der Waals surface area (Å²) in [5.74, 6) is 0.740. The SMILES string of the molecule is COc1cccc(C(Cl)(Cl)c2ccccc2)c1. The molecule has 0 aliphatic carbocycles. The molecule has 3 heteroatoms. The molecule has 2 aromatic carbocycles. The van der Waals surface area contributed by atoms with E-state index in [2.05, 4.69) is 0 Å². The largest absolute Gasteiger partial charge is 0.497 e. The first-order valence-electron chi connectivity index (χ1n) is 5.22. The Balaban J connectivity index is 2.44. The van der Waals surface area contributed by atoms with Gasteiger partial charge in [-0.1, -0.05) is 65.7 Å². The van der Waals surface area contributed by atoms with E-state index in [9.17, 15) is 0 Å². The van der Waals surface area contributed by atoms with Gasteiger partial charge in [0, 0.05) is 0 Å². The minimum absolute atomic E-state index is 0.740. The number of hydrogen-bond donors (Lipinski definition) is 0. The molecule has 0 radical (unpaired) electrons. The Morgan fingerprint density at radius 3 is 2.18 bits per heavy atom. The second-order valence-corrected chi connectivity index (χ2v) is 5.00. The second kappa shape index (κ2) is 4.99. The third-order valence-electron chi connectivity index (χ3n) is 2.57. The van der Waals surface area contributed by atoms with E-state index in [4.69, 9.17) is 27.9 Å². The summed E-state index contributed by atoms with van der Waals surface area (Å²) in [5, 5.41) is 0. The van der Waals surface area contributed by atoms with Gasteiger partial charge >= 0.3 is 0 Å². The maximum atomic E-state index is 6.43. The predicted octanol–water partition coefficient (Wildman–Crippen LogP) is 4.37. The fourth-order valence-corrected chi connectivity index (χ4v) is 2.12. The number of rotatable bonds is 3. The van der Waals surface area contributed by atoms with E-state index in [-0.39, 0.29) is 0 Å². The highest BCUT2D eigenvalue weighted by Crippen LogP contribution is 2.41. The van der Waals surface area contributed by atoms with Crippen LogP contribution < -0.4 is 4.74 Å². The van der Waals surface area contributed by atoms with Gasteiger partial charge in [0.25, 0.3) is 0 Å². The molecule has 0 atom stereocenters. The summed E-state index contributed by atoms with van der Waals surface area (Å²) in [5.41, 5.74) is 1.64. The Kier molecular flexibility index (Phi) is 3.60. The van der Waals surface area contributed by atoms with E-state index in [1.165, 1.54) is 0 Å². The smallest absolute Gasteiger partial charge is 0.168 e. The lowest BCUT2D eigenvalue weighted by Crippen LogP contribution is -2.12. The molecule has 0 aliphatic heterocycles. The van der Waals surface area contributed by atoms with Crippen LogP contribution >= 0.6 is 23.2 Å². The van der Waals surface area contributed by atoms with E-state index >= 15 is 0 Å². The molecule has 0 amide bonds. The summed E-state index contributed by atoms with van der Waals surface area (Å²) in [7, 11) is 1.62. The maximum absolute atomic E-state index is 6.43. The van der Waals surface area contributed by atoms with Crippen LogP contribution in [0.25, 0.3) is 0 Å². The summed E-state index contributed by atoms with van der Waals surface area (Å²) in [6.45, 7) is 0. The van der Waals surface area contributed by atoms with Gasteiger partial charge in [0.2, 0.25) is 0 Å². The molecule has 0 heterocycles. The van der Waals surface area contributed by atoms with Gasteiger partial charge in [0.1, 0.15) is 5.75 Å². The Labute approximate surface area is 111 Å². The van der Waals surface area contributed by atoms with Crippen molar-refractivity contribution < 1.29 is 4.74 Å². The van der Waals surface area contributed by atoms with Gasteiger partial charge in [-0.15, -0.1) is 0 Å². The average Bonchev–Trinajstić information content (AvgIpc) is 2.40. The normalized spacial score (nSPS) is 11.2. The molecule has 2 rings (SSSR count). The van der Waals surface area contributed by atoms with Crippen LogP contribution in [0.15, 0.2) is 54.6 Å². The van der Waals surface area contributed by atoms with Crippen LogP contribution in [-0.2, 0) is 4.33 Å². The lowest BCUT2D eigenvalue weighted by atomic mass is 10.0. The molecule has 0 saturated carbocycles. The van der Waals surface area contributed by atoms with Gasteiger partial charge in [0.05, 0.1) is 7.11 Å². The first kappa shape index (κ1) is 12.3. The van der Waals surface area contributed by atoms with Crippen molar-refractivity contribution in [2.24, 2.45) is 0 Å². The van der Waals surface area contributed by atoms with Crippen molar-refractivity contribution in [3.8, 4) is 5.75 Å². The van der Waals surface area contributed by atoms with Gasteiger partial charge in [-0.25, -0.2) is 0 Å². The number of methoxy groups -OCH3 is 1. The zero-order chi connectivity index (χ0) is 12.3. The van der Waals surface area contributed by atoms with E-state index in [1.807, 2.05) is 54.6 Å². The van der Waals surface area contributed by atoms with Gasteiger partial charge in [0.15, 0.2) is 4.33 Å². The lowest BCUT2D eigenvalue weighted by molar-refractivity contribution is 0.414. The molecule has 0 bridgehead atoms. The van der Waals surface area contributed by atoms with Crippen molar-refractivity contribution in [1.29, 1.82) is 0 Å². The van der Waals surface area contributed by atoms with Gasteiger partial charge in [-0.3, -0.25) is 0 Å². The number of benzene rings is 2. The Morgan fingerprint density at radius 2 is 1.53 bits per heavy atom. The van der Waals surface area contributed by atoms with Crippen LogP contribution in [0.2, 0.25) is 0 Å². The summed E-state index contributed by atoms with van der Waals surface area (Å²) in [6.07, 6.45) is 0. The van der Waals surface area contributed by atoms with Crippen LogP contribution in [0.3, 0.4) is 0 Å². The van der Waals surface area contributed by atoms with Crippen molar-refractivity contribution in [3.05, 3.63) is 65.7 Å². The average molecular weight is 267 g/mol. The minimum atomic E-state index is -1.06. The van der Waals surface area contributed by atoms with Crippen molar-refractivity contribution in [2.75, 3.05) is 7.11 Å². The Hall–Kier alpha value is -1.18. The predicted molar refractivity (Wildman–Crippen MR) is 71.9 cm³/mol. The van der Waals surface area contributed by atoms with E-state index in [0.717, 1.165) is 16.9 Å². The minimum Gasteiger partial charge on any atom is -0.497 e. The van der Waals surface area contributed by atoms with Crippen LogP contribution in [0.5, 0.6) is 5.75 Å². The lowest BCUT2D eigenvalue weighted by Gasteiger charge is -2.21. The molecular formula is C14H12Cl2O. The van der Waals surface area contributed by atoms with Crippen LogP contribution in [0.4, 0.5) is 0 Å². The maximum Gasteiger partial charge on any atom is 0.168 e. The molecule has 88 valence electrons. The molecule has 0 aromatic heterocycles. The summed E-state index contributed by atoms with van der Waals surface area (Å²) in [6, 6.07) is 17.0. The number of hydrogen-bond acceptors (Lipinski definition) is 1. The fourth-order valence-electron chi connectivity index (χ4n) is 1.63. The standard InChI is InChI=1S/C14H12Cl2O/c1-17-13-9-5-8-12(10-13)14(15,16)11-6-3-2-4-7-11/h2-10H,1H3. The summed E-state index contributed by atoms with van der Waals surface area (Å²) >= 11 is 12.9. The molecule has 0 unspecified atom stereocenters. The molecule has 0 aliphatic rings. The highest BCUT2D eigenvalue weighted by atomic mass is 35.5. The van der Waals surface area contributed by atoms with Gasteiger partial charge < -0.3 is 4.74 Å². The topological polar surface area (TPSA) is 9.23 Å². The first-order chi connectivity index (χ1) is 8.14. The van der Waals surface area contributed by atoms with Crippen molar-refractivity contribution in [2.45, 2.75) is 4.33 Å². The molecule has 2 aromatic rings. The highest BCUT2D eigenvalue weighted by molar-refractivity contribution is 6.50. The number of ether oxygens (including phenoxy) is 1. The molecule has 17 heavy (non-hydrogen) atoms. The zero-order valence-electron chi connectivity index (χ0n) is 9.36. The Bertz CT molecular complexity index is 495. The zero-order valence-corrected chi connectivity index (χ0v) is 10.9. The molecule has 0 saturated heterocycles. The van der Waals surface area contributed by atoms with Crippen LogP contribution in [-0.4, -0.2) is 7.11 Å². The van der Waals surface area contributed by atoms with E-state index in [1.54, 1.807) is 7.11 Å². The number of alkyl halides is 2. The molecular weight excluding hydrogens is 255 g/mol. The van der Waals surface area contributed by atoms with Crippen LogP contribution in [0, 0.1) is 0 Å². The van der Waals surface area contributed by atoms with Crippen molar-refractivity contribution in [1.82, 2.24) is 0 Å². The molecule has 0 N–H and O–H groups in total. The first-order valence-corrected chi connectivity index (χ1v) is 5.98. The van der Waals surface area contributed by atoms with E-state index in [0.29, 0.717) is 0 Å². The van der Waals surface area contributed by atoms with Crippen LogP contribution in [0.1, 0.15) is 11.1 Å². The third kappa shape index (κ3) is 2.56. The third-order valence-corrected chi connectivity index (χ3v) is 3.44. The fraction of sp³-hybridized carbons (Fsp3) is 0.143. The van der Waals surface area contributed by atoms with Gasteiger partial charge in [-0.05, 0) is 23.3 Å². The van der Waals surface area contributed by atoms with Gasteiger partial charge in [-0.2, -0.15) is 0 Å². The molecule has 0 spiro atoms. The number of halogens is 2. The quantitative estimate of drug-likeness (QED) is 0.750. The molecule has 0 fully saturated rings. The monoisotopic (exact) mass is 266 g/mol. The summed E-state index contributed by atoms with van der Waals surface area (Å²) < 4.78 is 4.11. The van der Waals surface area contributed by atoms with Crippen molar-refractivity contribution >= 4 is 23.2 Å². The summed E-state index contributed by atoms with van der Waals surface area (Å²) in [4.78, 5) is 0. The van der Waals surface area contributed by atoms with Crippen molar-refractivity contribution in [3.63, 3.8) is 0 Å². The molecule has 1 nitrogen and oxygen atoms in total. The van der Waals surface area contributed by atoms with E-state index < -0.39 is 4.33 Å². The second-order valence-electron chi connectivity index (χ2n) is 3.67. The Morgan fingerprint density at radius 1 is 0.882 bits per heavy atom. The highest BCUT2D eigenvalue weighted by Gasteiger charge is 2.28.